The molecule has 5 heteroatoms. The number of nitrogens with zero attached hydrogens (tertiary/aromatic N) is 2. The van der Waals surface area contributed by atoms with Crippen molar-refractivity contribution in [1.29, 1.82) is 0 Å². The van der Waals surface area contributed by atoms with Gasteiger partial charge >= 0.3 is 0 Å². The molecule has 0 amide bonds. The van der Waals surface area contributed by atoms with Gasteiger partial charge in [0.1, 0.15) is 10.7 Å². The summed E-state index contributed by atoms with van der Waals surface area (Å²) in [7, 11) is 0. The number of fused-ring (bicyclic) bond motifs is 1. The van der Waals surface area contributed by atoms with Crippen LogP contribution in [-0.2, 0) is 13.1 Å². The lowest BCUT2D eigenvalue weighted by Crippen LogP contribution is -2.25. The van der Waals surface area contributed by atoms with Gasteiger partial charge in [-0.3, -0.25) is 9.69 Å². The molecule has 0 aliphatic rings. The number of H-pyrrole nitrogens is 1. The smallest absolute Gasteiger partial charge is 0.260 e. The van der Waals surface area contributed by atoms with Crippen LogP contribution in [0.4, 0.5) is 0 Å². The summed E-state index contributed by atoms with van der Waals surface area (Å²) in [4.78, 5) is 23.6. The van der Waals surface area contributed by atoms with Crippen LogP contribution in [-0.4, -0.2) is 21.4 Å². The van der Waals surface area contributed by atoms with Crippen LogP contribution >= 0.6 is 11.3 Å². The predicted octanol–water partition coefficient (Wildman–Crippen LogP) is 4.67. The molecule has 2 heterocycles. The predicted molar refractivity (Wildman–Crippen MR) is 112 cm³/mol. The molecule has 0 bridgehead atoms. The molecule has 136 valence electrons. The van der Waals surface area contributed by atoms with Crippen molar-refractivity contribution in [3.63, 3.8) is 0 Å². The molecule has 2 aromatic carbocycles. The molecule has 4 nitrogen and oxygen atoms in total. The van der Waals surface area contributed by atoms with Crippen molar-refractivity contribution in [3.05, 3.63) is 87.8 Å². The van der Waals surface area contributed by atoms with E-state index in [4.69, 9.17) is 4.98 Å². The number of thiophene rings is 1. The maximum absolute atomic E-state index is 12.8. The molecule has 0 aliphatic heterocycles. The van der Waals surface area contributed by atoms with Crippen LogP contribution in [0.25, 0.3) is 21.3 Å². The van der Waals surface area contributed by atoms with Crippen LogP contribution in [0.1, 0.15) is 18.3 Å². The molecule has 4 rings (SSSR count). The molecule has 27 heavy (non-hydrogen) atoms. The molecular weight excluding hydrogens is 354 g/mol. The van der Waals surface area contributed by atoms with E-state index >= 15 is 0 Å². The quantitative estimate of drug-likeness (QED) is 0.533. The van der Waals surface area contributed by atoms with Gasteiger partial charge in [0.2, 0.25) is 0 Å². The van der Waals surface area contributed by atoms with Crippen molar-refractivity contribution in [2.24, 2.45) is 0 Å². The number of rotatable bonds is 6. The molecule has 0 saturated heterocycles. The van der Waals surface area contributed by atoms with Crippen molar-refractivity contribution in [2.75, 3.05) is 6.54 Å². The lowest BCUT2D eigenvalue weighted by atomic mass is 10.1. The molecule has 0 fully saturated rings. The Bertz CT molecular complexity index is 1090. The van der Waals surface area contributed by atoms with Crippen molar-refractivity contribution in [2.45, 2.75) is 20.0 Å². The van der Waals surface area contributed by atoms with Crippen LogP contribution < -0.4 is 5.56 Å². The average molecular weight is 375 g/mol. The summed E-state index contributed by atoms with van der Waals surface area (Å²) in [6.07, 6.45) is 0. The molecule has 4 aromatic rings. The van der Waals surface area contributed by atoms with E-state index in [0.29, 0.717) is 17.8 Å². The fraction of sp³-hybridized carbons (Fsp3) is 0.182. The fourth-order valence-corrected chi connectivity index (χ4v) is 4.20. The molecule has 0 spiro atoms. The van der Waals surface area contributed by atoms with Gasteiger partial charge in [0.25, 0.3) is 5.56 Å². The Morgan fingerprint density at radius 2 is 1.70 bits per heavy atom. The van der Waals surface area contributed by atoms with E-state index in [1.807, 2.05) is 53.9 Å². The van der Waals surface area contributed by atoms with E-state index in [-0.39, 0.29) is 5.56 Å². The SMILES string of the molecule is CCN(Cc1ccccc1)Cc1nc2scc(-c3ccccc3)c2c(=O)[nH]1. The Balaban J connectivity index is 1.63. The summed E-state index contributed by atoms with van der Waals surface area (Å²) in [6, 6.07) is 20.3. The highest BCUT2D eigenvalue weighted by atomic mass is 32.1. The standard InChI is InChI=1S/C22H21N3OS/c1-2-25(13-16-9-5-3-6-10-16)14-19-23-21(26)20-18(15-27-22(20)24-19)17-11-7-4-8-12-17/h3-12,15H,2,13-14H2,1H3,(H,23,24,26). The van der Waals surface area contributed by atoms with Crippen molar-refractivity contribution < 1.29 is 0 Å². The second-order valence-corrected chi connectivity index (χ2v) is 7.36. The number of hydrogen-bond acceptors (Lipinski definition) is 4. The number of hydrogen-bond donors (Lipinski definition) is 1. The molecule has 0 aliphatic carbocycles. The lowest BCUT2D eigenvalue weighted by molar-refractivity contribution is 0.264. The van der Waals surface area contributed by atoms with Gasteiger partial charge in [-0.1, -0.05) is 67.6 Å². The fourth-order valence-electron chi connectivity index (χ4n) is 3.23. The Labute approximate surface area is 162 Å². The van der Waals surface area contributed by atoms with Gasteiger partial charge in [0, 0.05) is 17.5 Å². The maximum Gasteiger partial charge on any atom is 0.260 e. The number of nitrogens with one attached hydrogen (secondary N) is 1. The summed E-state index contributed by atoms with van der Waals surface area (Å²) < 4.78 is 0. The third-order valence-corrected chi connectivity index (χ3v) is 5.52. The van der Waals surface area contributed by atoms with E-state index in [0.717, 1.165) is 29.0 Å². The van der Waals surface area contributed by atoms with E-state index < -0.39 is 0 Å². The first-order valence-electron chi connectivity index (χ1n) is 9.06. The average Bonchev–Trinajstić information content (AvgIpc) is 3.13. The first kappa shape index (κ1) is 17.6. The zero-order chi connectivity index (χ0) is 18.6. The highest BCUT2D eigenvalue weighted by Gasteiger charge is 2.14. The number of aromatic nitrogens is 2. The summed E-state index contributed by atoms with van der Waals surface area (Å²) in [5, 5.41) is 2.70. The summed E-state index contributed by atoms with van der Waals surface area (Å²) >= 11 is 1.53. The Morgan fingerprint density at radius 1 is 1.00 bits per heavy atom. The van der Waals surface area contributed by atoms with Gasteiger partial charge in [-0.05, 0) is 17.7 Å². The summed E-state index contributed by atoms with van der Waals surface area (Å²) in [6.45, 7) is 4.46. The third-order valence-electron chi connectivity index (χ3n) is 4.65. The largest absolute Gasteiger partial charge is 0.309 e. The first-order chi connectivity index (χ1) is 13.2. The van der Waals surface area contributed by atoms with Gasteiger partial charge in [-0.15, -0.1) is 11.3 Å². The van der Waals surface area contributed by atoms with E-state index in [1.54, 1.807) is 0 Å². The van der Waals surface area contributed by atoms with E-state index in [1.165, 1.54) is 16.9 Å². The van der Waals surface area contributed by atoms with Gasteiger partial charge in [-0.25, -0.2) is 4.98 Å². The normalized spacial score (nSPS) is 11.3. The summed E-state index contributed by atoms with van der Waals surface area (Å²) in [5.41, 5.74) is 3.19. The van der Waals surface area contributed by atoms with Gasteiger partial charge in [0.05, 0.1) is 11.9 Å². The van der Waals surface area contributed by atoms with Crippen LogP contribution in [0, 0.1) is 0 Å². The maximum atomic E-state index is 12.8. The Kier molecular flexibility index (Phi) is 5.14. The highest BCUT2D eigenvalue weighted by molar-refractivity contribution is 7.17. The van der Waals surface area contributed by atoms with Crippen LogP contribution in [0.3, 0.4) is 0 Å². The molecule has 0 saturated carbocycles. The second kappa shape index (κ2) is 7.86. The van der Waals surface area contributed by atoms with E-state index in [2.05, 4.69) is 28.9 Å². The van der Waals surface area contributed by atoms with Gasteiger partial charge in [0.15, 0.2) is 0 Å². The zero-order valence-electron chi connectivity index (χ0n) is 15.2. The highest BCUT2D eigenvalue weighted by Crippen LogP contribution is 2.30. The van der Waals surface area contributed by atoms with Crippen molar-refractivity contribution >= 4 is 21.6 Å². The number of benzene rings is 2. The van der Waals surface area contributed by atoms with Crippen LogP contribution in [0.2, 0.25) is 0 Å². The first-order valence-corrected chi connectivity index (χ1v) is 9.94. The zero-order valence-corrected chi connectivity index (χ0v) is 16.0. The third kappa shape index (κ3) is 3.84. The summed E-state index contributed by atoms with van der Waals surface area (Å²) in [5.74, 6) is 0.715. The number of aromatic amines is 1. The minimum absolute atomic E-state index is 0.0640. The molecule has 0 unspecified atom stereocenters. The minimum atomic E-state index is -0.0640. The molecule has 1 N–H and O–H groups in total. The molecule has 0 atom stereocenters. The second-order valence-electron chi connectivity index (χ2n) is 6.50. The van der Waals surface area contributed by atoms with Crippen LogP contribution in [0.5, 0.6) is 0 Å². The molecular formula is C22H21N3OS. The van der Waals surface area contributed by atoms with Crippen molar-refractivity contribution in [1.82, 2.24) is 14.9 Å². The van der Waals surface area contributed by atoms with Crippen LogP contribution in [0.15, 0.2) is 70.8 Å². The van der Waals surface area contributed by atoms with E-state index in [9.17, 15) is 4.79 Å². The topological polar surface area (TPSA) is 49.0 Å². The molecule has 2 aromatic heterocycles. The molecule has 0 radical (unpaired) electrons. The van der Waals surface area contributed by atoms with Gasteiger partial charge in [-0.2, -0.15) is 0 Å². The lowest BCUT2D eigenvalue weighted by Gasteiger charge is -2.19. The monoisotopic (exact) mass is 375 g/mol. The van der Waals surface area contributed by atoms with Crippen molar-refractivity contribution in [3.8, 4) is 11.1 Å². The Hall–Kier alpha value is -2.76. The minimum Gasteiger partial charge on any atom is -0.309 e. The van der Waals surface area contributed by atoms with Gasteiger partial charge < -0.3 is 4.98 Å². The Morgan fingerprint density at radius 3 is 2.41 bits per heavy atom.